The Bertz CT molecular complexity index is 1140. The molecule has 35 heavy (non-hydrogen) atoms. The van der Waals surface area contributed by atoms with Crippen molar-refractivity contribution < 1.29 is 19.1 Å². The number of hydrogen-bond donors (Lipinski definition) is 2. The third kappa shape index (κ3) is 5.91. The molecule has 1 amide bonds. The fourth-order valence-electron chi connectivity index (χ4n) is 4.08. The molecule has 1 atom stereocenters. The van der Waals surface area contributed by atoms with Crippen LogP contribution in [-0.2, 0) is 14.3 Å². The zero-order chi connectivity index (χ0) is 24.9. The van der Waals surface area contributed by atoms with Crippen molar-refractivity contribution in [2.45, 2.75) is 32.8 Å². The van der Waals surface area contributed by atoms with Crippen LogP contribution in [0, 0.1) is 5.92 Å². The van der Waals surface area contributed by atoms with Gasteiger partial charge in [0.2, 0.25) is 0 Å². The number of nitrogens with one attached hydrogen (secondary N) is 2. The zero-order valence-corrected chi connectivity index (χ0v) is 20.9. The van der Waals surface area contributed by atoms with Crippen LogP contribution >= 0.6 is 11.6 Å². The largest absolute Gasteiger partial charge is 0.466 e. The number of methoxy groups -OCH3 is 1. The number of anilines is 3. The highest BCUT2D eigenvalue weighted by Gasteiger charge is 2.29. The monoisotopic (exact) mass is 499 g/mol. The second kappa shape index (κ2) is 11.0. The number of nitrogens with zero attached hydrogens (tertiary/aromatic N) is 3. The van der Waals surface area contributed by atoms with Crippen LogP contribution < -0.4 is 10.6 Å². The second-order valence-corrected chi connectivity index (χ2v) is 9.44. The molecule has 0 aliphatic carbocycles. The Balaban J connectivity index is 1.50. The number of fused-ring (bicyclic) bond motifs is 1. The van der Waals surface area contributed by atoms with E-state index in [2.05, 4.69) is 34.4 Å². The molecule has 9 nitrogen and oxygen atoms in total. The number of carbonyl (C=O) groups excluding carboxylic acids is 2. The Hall–Kier alpha value is -3.17. The highest BCUT2D eigenvalue weighted by Crippen LogP contribution is 2.31. The molecule has 0 saturated carbocycles. The number of ether oxygens (including phenoxy) is 2. The molecule has 0 radical (unpaired) electrons. The number of hydrogen-bond acceptors (Lipinski definition) is 8. The van der Waals surface area contributed by atoms with Crippen molar-refractivity contribution in [2.75, 3.05) is 44.0 Å². The number of likely N-dealkylation sites (tertiary alicyclic amines) is 1. The summed E-state index contributed by atoms with van der Waals surface area (Å²) in [6, 6.07) is 5.19. The standard InChI is InChI=1S/C25H30ClN5O4/c1-15(2)13-35-18-7-9-31(12-18)24(32)19-5-4-17(11-21(19)26)30-23-20-10-16(25(33)34-3)6-8-27-22(20)28-14-29-23/h4-5,10-11,14-15,18H,6-9,12-13H2,1-3H3,(H2,27,28,29,30)/t18-/m1/s1. The predicted octanol–water partition coefficient (Wildman–Crippen LogP) is 4.13. The van der Waals surface area contributed by atoms with E-state index in [4.69, 9.17) is 21.1 Å². The van der Waals surface area contributed by atoms with E-state index in [0.717, 1.165) is 6.42 Å². The molecule has 4 rings (SSSR count). The molecule has 10 heteroatoms. The Morgan fingerprint density at radius 2 is 2.14 bits per heavy atom. The van der Waals surface area contributed by atoms with Gasteiger partial charge in [0.25, 0.3) is 5.91 Å². The maximum Gasteiger partial charge on any atom is 0.333 e. The molecule has 2 aromatic rings. The van der Waals surface area contributed by atoms with Crippen molar-refractivity contribution in [2.24, 2.45) is 5.92 Å². The minimum Gasteiger partial charge on any atom is -0.466 e. The van der Waals surface area contributed by atoms with Crippen LogP contribution in [0.15, 0.2) is 30.1 Å². The van der Waals surface area contributed by atoms with Crippen LogP contribution in [0.1, 0.15) is 42.6 Å². The van der Waals surface area contributed by atoms with Gasteiger partial charge in [-0.25, -0.2) is 14.8 Å². The number of benzene rings is 1. The molecule has 1 fully saturated rings. The van der Waals surface area contributed by atoms with Gasteiger partial charge in [-0.2, -0.15) is 0 Å². The number of halogens is 1. The van der Waals surface area contributed by atoms with Gasteiger partial charge in [0.15, 0.2) is 0 Å². The summed E-state index contributed by atoms with van der Waals surface area (Å²) in [7, 11) is 1.36. The van der Waals surface area contributed by atoms with E-state index >= 15 is 0 Å². The van der Waals surface area contributed by atoms with E-state index in [1.807, 2.05) is 0 Å². The van der Waals surface area contributed by atoms with Crippen LogP contribution in [0.3, 0.4) is 0 Å². The lowest BCUT2D eigenvalue weighted by Crippen LogP contribution is -2.30. The number of aromatic nitrogens is 2. The molecule has 3 heterocycles. The number of rotatable bonds is 7. The number of carbonyl (C=O) groups is 2. The van der Waals surface area contributed by atoms with Crippen LogP contribution in [0.2, 0.25) is 5.02 Å². The molecule has 0 bridgehead atoms. The van der Waals surface area contributed by atoms with Crippen LogP contribution in [0.4, 0.5) is 17.3 Å². The van der Waals surface area contributed by atoms with E-state index in [0.29, 0.717) is 77.6 Å². The molecule has 2 N–H and O–H groups in total. The van der Waals surface area contributed by atoms with Gasteiger partial charge in [-0.1, -0.05) is 25.4 Å². The molecule has 2 aliphatic heterocycles. The van der Waals surface area contributed by atoms with E-state index in [1.54, 1.807) is 29.2 Å². The Morgan fingerprint density at radius 3 is 2.89 bits per heavy atom. The molecule has 2 aliphatic rings. The minimum absolute atomic E-state index is 0.0608. The summed E-state index contributed by atoms with van der Waals surface area (Å²) in [5.41, 5.74) is 2.27. The quantitative estimate of drug-likeness (QED) is 0.548. The summed E-state index contributed by atoms with van der Waals surface area (Å²) in [6.07, 6.45) is 4.56. The van der Waals surface area contributed by atoms with Gasteiger partial charge in [0, 0.05) is 37.5 Å². The van der Waals surface area contributed by atoms with Crippen molar-refractivity contribution in [3.05, 3.63) is 46.2 Å². The summed E-state index contributed by atoms with van der Waals surface area (Å²) >= 11 is 6.52. The first-order chi connectivity index (χ1) is 16.9. The lowest BCUT2D eigenvalue weighted by molar-refractivity contribution is -0.136. The Kier molecular flexibility index (Phi) is 7.87. The van der Waals surface area contributed by atoms with Crippen molar-refractivity contribution in [3.63, 3.8) is 0 Å². The molecular formula is C25H30ClN5O4. The van der Waals surface area contributed by atoms with Crippen LogP contribution in [0.25, 0.3) is 6.08 Å². The third-order valence-corrected chi connectivity index (χ3v) is 6.21. The third-order valence-electron chi connectivity index (χ3n) is 5.90. The summed E-state index contributed by atoms with van der Waals surface area (Å²) < 4.78 is 10.8. The molecule has 0 spiro atoms. The number of amides is 1. The van der Waals surface area contributed by atoms with Crippen LogP contribution in [-0.4, -0.2) is 66.2 Å². The SMILES string of the molecule is COC(=O)C1=Cc2c(ncnc2Nc2ccc(C(=O)N3CC[C@@H](OCC(C)C)C3)c(Cl)c2)NCC1. The highest BCUT2D eigenvalue weighted by molar-refractivity contribution is 6.34. The molecular weight excluding hydrogens is 470 g/mol. The average molecular weight is 500 g/mol. The van der Waals surface area contributed by atoms with Gasteiger partial charge in [-0.15, -0.1) is 0 Å². The first-order valence-electron chi connectivity index (χ1n) is 11.7. The van der Waals surface area contributed by atoms with E-state index in [9.17, 15) is 9.59 Å². The van der Waals surface area contributed by atoms with Gasteiger partial charge in [0.05, 0.1) is 29.4 Å². The summed E-state index contributed by atoms with van der Waals surface area (Å²) in [5.74, 6) is 1.08. The fraction of sp³-hybridized carbons (Fsp3) is 0.440. The molecule has 1 aromatic heterocycles. The summed E-state index contributed by atoms with van der Waals surface area (Å²) in [6.45, 7) is 6.66. The summed E-state index contributed by atoms with van der Waals surface area (Å²) in [5, 5.41) is 6.78. The average Bonchev–Trinajstić information content (AvgIpc) is 3.21. The minimum atomic E-state index is -0.390. The van der Waals surface area contributed by atoms with Gasteiger partial charge in [-0.3, -0.25) is 4.79 Å². The predicted molar refractivity (Wildman–Crippen MR) is 135 cm³/mol. The van der Waals surface area contributed by atoms with Gasteiger partial charge in [-0.05, 0) is 43.0 Å². The smallest absolute Gasteiger partial charge is 0.333 e. The second-order valence-electron chi connectivity index (χ2n) is 9.03. The molecule has 1 saturated heterocycles. The summed E-state index contributed by atoms with van der Waals surface area (Å²) in [4.78, 5) is 35.6. The molecule has 1 aromatic carbocycles. The maximum absolute atomic E-state index is 13.1. The topological polar surface area (TPSA) is 106 Å². The van der Waals surface area contributed by atoms with Crippen molar-refractivity contribution >= 4 is 46.9 Å². The maximum atomic E-state index is 13.1. The Labute approximate surface area is 209 Å². The van der Waals surface area contributed by atoms with Gasteiger partial charge in [0.1, 0.15) is 18.0 Å². The lowest BCUT2D eigenvalue weighted by Gasteiger charge is -2.18. The van der Waals surface area contributed by atoms with Gasteiger partial charge >= 0.3 is 5.97 Å². The van der Waals surface area contributed by atoms with Crippen molar-refractivity contribution in [1.82, 2.24) is 14.9 Å². The van der Waals surface area contributed by atoms with Crippen molar-refractivity contribution in [1.29, 1.82) is 0 Å². The molecule has 186 valence electrons. The normalized spacial score (nSPS) is 17.3. The highest BCUT2D eigenvalue weighted by atomic mass is 35.5. The number of esters is 1. The lowest BCUT2D eigenvalue weighted by atomic mass is 10.1. The Morgan fingerprint density at radius 1 is 1.31 bits per heavy atom. The van der Waals surface area contributed by atoms with E-state index in [-0.39, 0.29) is 18.0 Å². The first-order valence-corrected chi connectivity index (χ1v) is 12.1. The van der Waals surface area contributed by atoms with Gasteiger partial charge < -0.3 is 25.0 Å². The fourth-order valence-corrected chi connectivity index (χ4v) is 4.34. The first kappa shape index (κ1) is 24.9. The van der Waals surface area contributed by atoms with Crippen molar-refractivity contribution in [3.8, 4) is 0 Å². The van der Waals surface area contributed by atoms with E-state index in [1.165, 1.54) is 13.4 Å². The zero-order valence-electron chi connectivity index (χ0n) is 20.1. The van der Waals surface area contributed by atoms with Crippen LogP contribution in [0.5, 0.6) is 0 Å². The molecule has 0 unspecified atom stereocenters. The van der Waals surface area contributed by atoms with E-state index < -0.39 is 0 Å².